The van der Waals surface area contributed by atoms with E-state index in [1.807, 2.05) is 0 Å². The molecule has 2 aliphatic rings. The van der Waals surface area contributed by atoms with Gasteiger partial charge in [0.1, 0.15) is 5.82 Å². The van der Waals surface area contributed by atoms with Crippen LogP contribution in [-0.2, 0) is 0 Å². The van der Waals surface area contributed by atoms with Crippen molar-refractivity contribution in [2.45, 2.75) is 18.2 Å². The van der Waals surface area contributed by atoms with Gasteiger partial charge in [-0.15, -0.1) is 0 Å². The van der Waals surface area contributed by atoms with Gasteiger partial charge in [-0.05, 0) is 17.5 Å². The van der Waals surface area contributed by atoms with Crippen LogP contribution >= 0.6 is 0 Å². The van der Waals surface area contributed by atoms with Crippen molar-refractivity contribution in [1.29, 1.82) is 0 Å². The Bertz CT molecular complexity index is 541. The molecular formula is C10H10BFNa2O6. The largest absolute Gasteiger partial charge is 1.00 e. The van der Waals surface area contributed by atoms with Crippen molar-refractivity contribution >= 4 is 12.7 Å². The van der Waals surface area contributed by atoms with Crippen LogP contribution in [0, 0.1) is 5.82 Å². The molecule has 0 spiro atoms. The minimum absolute atomic E-state index is 0. The summed E-state index contributed by atoms with van der Waals surface area (Å²) < 4.78 is 18.2. The molecule has 98 valence electrons. The number of benzene rings is 1. The smallest absolute Gasteiger partial charge is 0.669 e. The summed E-state index contributed by atoms with van der Waals surface area (Å²) in [5.74, 6) is -3.65. The third kappa shape index (κ3) is 3.09. The van der Waals surface area contributed by atoms with Gasteiger partial charge >= 0.3 is 65.9 Å². The zero-order valence-corrected chi connectivity index (χ0v) is 15.1. The van der Waals surface area contributed by atoms with Crippen LogP contribution in [0.2, 0.25) is 5.82 Å². The number of fused-ring (bicyclic) bond motifs is 3. The van der Waals surface area contributed by atoms with E-state index in [1.165, 1.54) is 6.07 Å². The van der Waals surface area contributed by atoms with Crippen LogP contribution in [0.3, 0.4) is 0 Å². The van der Waals surface area contributed by atoms with Gasteiger partial charge in [0.05, 0.1) is 17.3 Å². The number of hydrogen-bond acceptors (Lipinski definition) is 5. The van der Waals surface area contributed by atoms with Crippen molar-refractivity contribution < 1.29 is 93.6 Å². The van der Waals surface area contributed by atoms with Crippen molar-refractivity contribution in [1.82, 2.24) is 0 Å². The van der Waals surface area contributed by atoms with Gasteiger partial charge in [-0.3, -0.25) is 0 Å². The molecule has 6 nitrogen and oxygen atoms in total. The first-order chi connectivity index (χ1) is 7.92. The molecule has 1 aromatic rings. The first-order valence-electron chi connectivity index (χ1n) is 5.24. The summed E-state index contributed by atoms with van der Waals surface area (Å²) in [6, 6.07) is 2.44. The van der Waals surface area contributed by atoms with E-state index in [1.54, 1.807) is 0 Å². The number of aromatic carboxylic acids is 1. The number of carbonyl (C=O) groups is 1. The molecule has 1 aromatic carbocycles. The molecule has 0 unspecified atom stereocenters. The van der Waals surface area contributed by atoms with E-state index in [0.29, 0.717) is 12.0 Å². The van der Waals surface area contributed by atoms with Crippen LogP contribution in [-0.4, -0.2) is 28.2 Å². The fraction of sp³-hybridized carbons (Fsp3) is 0.300. The Hall–Kier alpha value is 0.365. The van der Waals surface area contributed by atoms with Gasteiger partial charge in [0, 0.05) is 0 Å². The number of carboxylic acid groups (broad SMARTS) is 1. The van der Waals surface area contributed by atoms with Gasteiger partial charge in [-0.25, -0.2) is 4.39 Å². The predicted molar refractivity (Wildman–Crippen MR) is 56.3 cm³/mol. The average molecular weight is 302 g/mol. The van der Waals surface area contributed by atoms with E-state index in [9.17, 15) is 24.3 Å². The number of halogens is 1. The third-order valence-corrected chi connectivity index (χ3v) is 3.43. The molecule has 1 fully saturated rings. The van der Waals surface area contributed by atoms with Gasteiger partial charge in [0.25, 0.3) is 0 Å². The van der Waals surface area contributed by atoms with Crippen LogP contribution in [0.5, 0.6) is 5.75 Å². The van der Waals surface area contributed by atoms with Gasteiger partial charge < -0.3 is 30.1 Å². The second-order valence-corrected chi connectivity index (χ2v) is 4.51. The Morgan fingerprint density at radius 3 is 2.55 bits per heavy atom. The number of carboxylic acids is 1. The molecule has 3 rings (SSSR count). The Morgan fingerprint density at radius 2 is 2.00 bits per heavy atom. The van der Waals surface area contributed by atoms with Crippen molar-refractivity contribution in [2.24, 2.45) is 0 Å². The maximum absolute atomic E-state index is 13.4. The molecule has 1 aliphatic heterocycles. The minimum atomic E-state index is -3.11. The molecule has 1 saturated carbocycles. The summed E-state index contributed by atoms with van der Waals surface area (Å²) >= 11 is 0. The normalized spacial score (nSPS) is 23.6. The quantitative estimate of drug-likeness (QED) is 0.499. The van der Waals surface area contributed by atoms with Crippen LogP contribution in [0.1, 0.15) is 28.3 Å². The van der Waals surface area contributed by atoms with Crippen molar-refractivity contribution in [3.05, 3.63) is 29.1 Å². The van der Waals surface area contributed by atoms with Crippen molar-refractivity contribution in [3.63, 3.8) is 0 Å². The monoisotopic (exact) mass is 302 g/mol. The second-order valence-electron chi connectivity index (χ2n) is 4.51. The molecule has 1 heterocycles. The van der Waals surface area contributed by atoms with E-state index >= 15 is 0 Å². The van der Waals surface area contributed by atoms with Crippen LogP contribution in [0.4, 0.5) is 4.39 Å². The SMILES string of the molecule is O.O=C([O-])c1c(F)ccc2c1O[B-](O)(O)[C@@H]1C[C@H]21.[Na+].[Na+]. The van der Waals surface area contributed by atoms with E-state index in [2.05, 4.69) is 0 Å². The van der Waals surface area contributed by atoms with Gasteiger partial charge in [0.2, 0.25) is 0 Å². The Labute approximate surface area is 158 Å². The molecule has 10 heteroatoms. The summed E-state index contributed by atoms with van der Waals surface area (Å²) in [5.41, 5.74) is -0.251. The third-order valence-electron chi connectivity index (χ3n) is 3.43. The number of rotatable bonds is 1. The molecule has 0 amide bonds. The van der Waals surface area contributed by atoms with Crippen molar-refractivity contribution in [2.75, 3.05) is 0 Å². The standard InChI is InChI=1S/C10H9BFO5.2Na.H2O/c12-7-2-1-4-5-3-6(5)11(15,16)17-9(4)8(7)10(13)14;;;/h1-2,5-6,15-16H,3H2,(H,13,14);;;1H2/q-1;2*+1;/p-1/t5-,6-;;;/m1.../s1. The summed E-state index contributed by atoms with van der Waals surface area (Å²) in [5, 5.41) is 30.0. The molecule has 0 radical (unpaired) electrons. The molecule has 4 N–H and O–H groups in total. The predicted octanol–water partition coefficient (Wildman–Crippen LogP) is -7.45. The average Bonchev–Trinajstić information content (AvgIpc) is 2.96. The number of carbonyl (C=O) groups excluding carboxylic acids is 1. The Morgan fingerprint density at radius 1 is 1.40 bits per heavy atom. The fourth-order valence-corrected chi connectivity index (χ4v) is 2.50. The molecule has 0 saturated heterocycles. The molecule has 0 bridgehead atoms. The second kappa shape index (κ2) is 6.64. The minimum Gasteiger partial charge on any atom is -0.669 e. The first kappa shape index (κ1) is 20.4. The zero-order valence-electron chi connectivity index (χ0n) is 11.1. The molecule has 1 aliphatic carbocycles. The van der Waals surface area contributed by atoms with Crippen LogP contribution < -0.4 is 68.9 Å². The fourth-order valence-electron chi connectivity index (χ4n) is 2.50. The summed E-state index contributed by atoms with van der Waals surface area (Å²) in [7, 11) is 0. The Kier molecular flexibility index (Phi) is 6.76. The van der Waals surface area contributed by atoms with Gasteiger partial charge in [-0.2, -0.15) is 0 Å². The van der Waals surface area contributed by atoms with E-state index in [4.69, 9.17) is 4.65 Å². The maximum atomic E-state index is 13.4. The molecule has 20 heavy (non-hydrogen) atoms. The summed E-state index contributed by atoms with van der Waals surface area (Å²) in [6.07, 6.45) is 0.498. The topological polar surface area (TPSA) is 121 Å². The Balaban J connectivity index is 0.00000120. The van der Waals surface area contributed by atoms with Crippen molar-refractivity contribution in [3.8, 4) is 5.75 Å². The zero-order chi connectivity index (χ0) is 12.4. The van der Waals surface area contributed by atoms with Crippen LogP contribution in [0.15, 0.2) is 12.1 Å². The van der Waals surface area contributed by atoms with Gasteiger partial charge in [-0.1, -0.05) is 18.3 Å². The summed E-state index contributed by atoms with van der Waals surface area (Å²) in [6.45, 7) is -3.11. The summed E-state index contributed by atoms with van der Waals surface area (Å²) in [4.78, 5) is 10.8. The maximum Gasteiger partial charge on any atom is 1.00 e. The van der Waals surface area contributed by atoms with Gasteiger partial charge in [0.15, 0.2) is 0 Å². The molecule has 0 aromatic heterocycles. The first-order valence-corrected chi connectivity index (χ1v) is 5.24. The number of hydrogen-bond donors (Lipinski definition) is 2. The van der Waals surface area contributed by atoms with E-state index in [0.717, 1.165) is 6.07 Å². The van der Waals surface area contributed by atoms with Crippen LogP contribution in [0.25, 0.3) is 0 Å². The molecule has 2 atom stereocenters. The van der Waals surface area contributed by atoms with E-state index < -0.39 is 29.9 Å². The van der Waals surface area contributed by atoms with E-state index in [-0.39, 0.29) is 76.3 Å². The molecular weight excluding hydrogens is 292 g/mol.